The SMILES string of the molecule is CSC1(CNc2nnc(C(C)Cl)o2)CCCC1. The highest BCUT2D eigenvalue weighted by atomic mass is 35.5. The van der Waals surface area contributed by atoms with E-state index >= 15 is 0 Å². The highest BCUT2D eigenvalue weighted by Gasteiger charge is 2.33. The number of hydrogen-bond donors (Lipinski definition) is 1. The standard InChI is InChI=1S/C11H18ClN3OS/c1-8(12)9-14-15-10(16-9)13-7-11(17-2)5-3-4-6-11/h8H,3-7H2,1-2H3,(H,13,15). The minimum absolute atomic E-state index is 0.237. The van der Waals surface area contributed by atoms with Crippen LogP contribution in [0, 0.1) is 0 Å². The molecule has 96 valence electrons. The number of alkyl halides is 1. The fraction of sp³-hybridized carbons (Fsp3) is 0.818. The van der Waals surface area contributed by atoms with Gasteiger partial charge in [-0.15, -0.1) is 16.7 Å². The summed E-state index contributed by atoms with van der Waals surface area (Å²) in [5, 5.41) is 10.8. The molecule has 0 amide bonds. The van der Waals surface area contributed by atoms with E-state index in [1.807, 2.05) is 18.7 Å². The Bertz CT molecular complexity index is 363. The Morgan fingerprint density at radius 3 is 2.71 bits per heavy atom. The van der Waals surface area contributed by atoms with E-state index in [-0.39, 0.29) is 5.38 Å². The molecule has 1 N–H and O–H groups in total. The fourth-order valence-electron chi connectivity index (χ4n) is 2.18. The van der Waals surface area contributed by atoms with Crippen molar-refractivity contribution in [3.05, 3.63) is 5.89 Å². The van der Waals surface area contributed by atoms with Gasteiger partial charge in [0.15, 0.2) is 0 Å². The summed E-state index contributed by atoms with van der Waals surface area (Å²) in [6.07, 6.45) is 7.32. The number of nitrogens with one attached hydrogen (secondary N) is 1. The lowest BCUT2D eigenvalue weighted by Crippen LogP contribution is -2.30. The molecule has 1 saturated carbocycles. The average molecular weight is 276 g/mol. The lowest BCUT2D eigenvalue weighted by atomic mass is 10.1. The predicted molar refractivity (Wildman–Crippen MR) is 71.8 cm³/mol. The van der Waals surface area contributed by atoms with Gasteiger partial charge < -0.3 is 9.73 Å². The highest BCUT2D eigenvalue weighted by Crippen LogP contribution is 2.40. The number of rotatable bonds is 5. The number of aromatic nitrogens is 2. The van der Waals surface area contributed by atoms with E-state index in [1.165, 1.54) is 25.7 Å². The van der Waals surface area contributed by atoms with Crippen LogP contribution in [0.15, 0.2) is 4.42 Å². The molecule has 1 aliphatic rings. The maximum absolute atomic E-state index is 5.87. The van der Waals surface area contributed by atoms with E-state index < -0.39 is 0 Å². The molecule has 0 aliphatic heterocycles. The first-order chi connectivity index (χ1) is 8.15. The van der Waals surface area contributed by atoms with E-state index in [0.29, 0.717) is 16.7 Å². The zero-order valence-electron chi connectivity index (χ0n) is 10.2. The highest BCUT2D eigenvalue weighted by molar-refractivity contribution is 8.00. The number of halogens is 1. The topological polar surface area (TPSA) is 51.0 Å². The van der Waals surface area contributed by atoms with Crippen molar-refractivity contribution in [2.24, 2.45) is 0 Å². The van der Waals surface area contributed by atoms with Crippen molar-refractivity contribution in [3.8, 4) is 0 Å². The lowest BCUT2D eigenvalue weighted by Gasteiger charge is -2.26. The van der Waals surface area contributed by atoms with Crippen LogP contribution in [-0.4, -0.2) is 27.7 Å². The molecule has 0 radical (unpaired) electrons. The molecule has 1 heterocycles. The van der Waals surface area contributed by atoms with Crippen molar-refractivity contribution in [1.82, 2.24) is 10.2 Å². The van der Waals surface area contributed by atoms with Gasteiger partial charge in [-0.2, -0.15) is 11.8 Å². The van der Waals surface area contributed by atoms with Crippen LogP contribution >= 0.6 is 23.4 Å². The molecule has 17 heavy (non-hydrogen) atoms. The summed E-state index contributed by atoms with van der Waals surface area (Å²) in [4.78, 5) is 0. The smallest absolute Gasteiger partial charge is 0.315 e. The molecule has 2 rings (SSSR count). The largest absolute Gasteiger partial charge is 0.407 e. The van der Waals surface area contributed by atoms with Gasteiger partial charge in [0.05, 0.1) is 0 Å². The van der Waals surface area contributed by atoms with E-state index in [9.17, 15) is 0 Å². The van der Waals surface area contributed by atoms with Crippen molar-refractivity contribution < 1.29 is 4.42 Å². The van der Waals surface area contributed by atoms with Crippen molar-refractivity contribution in [2.45, 2.75) is 42.7 Å². The van der Waals surface area contributed by atoms with Crippen LogP contribution in [-0.2, 0) is 0 Å². The van der Waals surface area contributed by atoms with Gasteiger partial charge in [0.2, 0.25) is 5.89 Å². The Labute approximate surface area is 111 Å². The van der Waals surface area contributed by atoms with Gasteiger partial charge in [0.1, 0.15) is 5.38 Å². The summed E-state index contributed by atoms with van der Waals surface area (Å²) >= 11 is 7.80. The predicted octanol–water partition coefficient (Wildman–Crippen LogP) is 3.46. The van der Waals surface area contributed by atoms with Crippen LogP contribution in [0.4, 0.5) is 6.01 Å². The Hall–Kier alpha value is -0.420. The number of hydrogen-bond acceptors (Lipinski definition) is 5. The quantitative estimate of drug-likeness (QED) is 0.834. The first-order valence-corrected chi connectivity index (χ1v) is 7.58. The maximum Gasteiger partial charge on any atom is 0.315 e. The Morgan fingerprint density at radius 2 is 2.18 bits per heavy atom. The van der Waals surface area contributed by atoms with Crippen LogP contribution < -0.4 is 5.32 Å². The normalized spacial score (nSPS) is 20.4. The van der Waals surface area contributed by atoms with Crippen LogP contribution in [0.3, 0.4) is 0 Å². The monoisotopic (exact) mass is 275 g/mol. The van der Waals surface area contributed by atoms with Crippen molar-refractivity contribution in [2.75, 3.05) is 18.1 Å². The molecule has 0 aromatic carbocycles. The van der Waals surface area contributed by atoms with E-state index in [4.69, 9.17) is 16.0 Å². The minimum atomic E-state index is -0.237. The summed E-state index contributed by atoms with van der Waals surface area (Å²) in [5.74, 6) is 0.471. The first kappa shape index (κ1) is 13.0. The minimum Gasteiger partial charge on any atom is -0.407 e. The summed E-state index contributed by atoms with van der Waals surface area (Å²) in [6, 6.07) is 0.479. The van der Waals surface area contributed by atoms with Gasteiger partial charge in [-0.05, 0) is 26.0 Å². The van der Waals surface area contributed by atoms with Crippen molar-refractivity contribution in [1.29, 1.82) is 0 Å². The van der Waals surface area contributed by atoms with Gasteiger partial charge in [0.25, 0.3) is 0 Å². The zero-order chi connectivity index (χ0) is 12.3. The molecule has 1 aromatic rings. The molecular formula is C11H18ClN3OS. The third-order valence-corrected chi connectivity index (χ3v) is 4.90. The molecule has 1 atom stereocenters. The van der Waals surface area contributed by atoms with E-state index in [0.717, 1.165) is 6.54 Å². The molecule has 1 unspecified atom stereocenters. The molecule has 0 spiro atoms. The van der Waals surface area contributed by atoms with Gasteiger partial charge in [-0.3, -0.25) is 0 Å². The van der Waals surface area contributed by atoms with Gasteiger partial charge in [-0.1, -0.05) is 17.9 Å². The third-order valence-electron chi connectivity index (χ3n) is 3.29. The molecule has 1 fully saturated rings. The van der Waals surface area contributed by atoms with Gasteiger partial charge in [-0.25, -0.2) is 0 Å². The first-order valence-electron chi connectivity index (χ1n) is 5.92. The molecule has 6 heteroatoms. The Balaban J connectivity index is 1.92. The molecule has 0 bridgehead atoms. The van der Waals surface area contributed by atoms with Crippen molar-refractivity contribution in [3.63, 3.8) is 0 Å². The number of thioether (sulfide) groups is 1. The van der Waals surface area contributed by atoms with Crippen LogP contribution in [0.25, 0.3) is 0 Å². The van der Waals surface area contributed by atoms with Gasteiger partial charge >= 0.3 is 6.01 Å². The molecule has 0 saturated heterocycles. The maximum atomic E-state index is 5.87. The second-order valence-corrected chi connectivity index (χ2v) is 6.44. The third kappa shape index (κ3) is 3.07. The van der Waals surface area contributed by atoms with Crippen LogP contribution in [0.1, 0.15) is 43.9 Å². The number of anilines is 1. The average Bonchev–Trinajstić information content (AvgIpc) is 2.96. The van der Waals surface area contributed by atoms with E-state index in [1.54, 1.807) is 0 Å². The second kappa shape index (κ2) is 5.48. The molecule has 1 aliphatic carbocycles. The zero-order valence-corrected chi connectivity index (χ0v) is 11.8. The van der Waals surface area contributed by atoms with Crippen molar-refractivity contribution >= 4 is 29.4 Å². The lowest BCUT2D eigenvalue weighted by molar-refractivity contribution is 0.500. The van der Waals surface area contributed by atoms with Crippen LogP contribution in [0.2, 0.25) is 0 Å². The summed E-state index contributed by atoms with van der Waals surface area (Å²) in [6.45, 7) is 2.70. The molecule has 4 nitrogen and oxygen atoms in total. The fourth-order valence-corrected chi connectivity index (χ4v) is 3.18. The number of nitrogens with zero attached hydrogens (tertiary/aromatic N) is 2. The summed E-state index contributed by atoms with van der Waals surface area (Å²) in [7, 11) is 0. The Kier molecular flexibility index (Phi) is 4.20. The molecular weight excluding hydrogens is 258 g/mol. The summed E-state index contributed by atoms with van der Waals surface area (Å²) < 4.78 is 5.75. The van der Waals surface area contributed by atoms with E-state index in [2.05, 4.69) is 21.8 Å². The van der Waals surface area contributed by atoms with Crippen LogP contribution in [0.5, 0.6) is 0 Å². The van der Waals surface area contributed by atoms with Gasteiger partial charge in [0, 0.05) is 11.3 Å². The molecule has 1 aromatic heterocycles. The summed E-state index contributed by atoms with van der Waals surface area (Å²) in [5.41, 5.74) is 0. The second-order valence-electron chi connectivity index (χ2n) is 4.51. The Morgan fingerprint density at radius 1 is 1.47 bits per heavy atom.